The lowest BCUT2D eigenvalue weighted by atomic mass is 9.94. The molecule has 2 heterocycles. The number of aromatic nitrogens is 2. The number of nitrogens with zero attached hydrogens (tertiary/aromatic N) is 2. The molecule has 3 nitrogen and oxygen atoms in total. The molecule has 0 fully saturated rings. The first-order valence-corrected chi connectivity index (χ1v) is 12.9. The maximum Gasteiger partial charge on any atom is 0.265 e. The molecule has 0 saturated heterocycles. The lowest BCUT2D eigenvalue weighted by Gasteiger charge is -2.17. The lowest BCUT2D eigenvalue weighted by Crippen LogP contribution is -2.19. The Labute approximate surface area is 220 Å². The molecule has 7 rings (SSSR count). The van der Waals surface area contributed by atoms with Crippen molar-refractivity contribution in [2.45, 2.75) is 13.8 Å². The fraction of sp³-hybridized carbons (Fsp3) is 0.0571. The van der Waals surface area contributed by atoms with E-state index in [0.29, 0.717) is 0 Å². The van der Waals surface area contributed by atoms with Gasteiger partial charge in [-0.2, -0.15) is 0 Å². The van der Waals surface area contributed by atoms with Crippen LogP contribution in [0.3, 0.4) is 0 Å². The van der Waals surface area contributed by atoms with Gasteiger partial charge in [-0.3, -0.25) is 9.36 Å². The highest BCUT2D eigenvalue weighted by Gasteiger charge is 2.22. The van der Waals surface area contributed by atoms with Crippen LogP contribution in [0.5, 0.6) is 0 Å². The molecular weight excluding hydrogens is 464 g/mol. The van der Waals surface area contributed by atoms with Gasteiger partial charge in [0.25, 0.3) is 5.56 Å². The largest absolute Gasteiger partial charge is 0.308 e. The molecule has 0 radical (unpaired) electrons. The number of aryl methyl sites for hydroxylation is 2. The van der Waals surface area contributed by atoms with Crippen LogP contribution in [0.25, 0.3) is 55.2 Å². The van der Waals surface area contributed by atoms with Crippen molar-refractivity contribution in [1.29, 1.82) is 0 Å². The van der Waals surface area contributed by atoms with E-state index in [2.05, 4.69) is 79.1 Å². The maximum absolute atomic E-state index is 14.5. The molecule has 0 spiro atoms. The Hall–Kier alpha value is -4.89. The molecule has 0 amide bonds. The standard InChI is InChI=1S/C35H26N2O/c1-23-13-9-10-18-27(23)29-22-30-32(21-24(29)2)37(26-16-7-4-8-17-26)35(38)33-28-19-11-12-20-31(28)36(34(30)33)25-14-5-3-6-15-25/h3-22H,1-2H3. The summed E-state index contributed by atoms with van der Waals surface area (Å²) >= 11 is 0. The Morgan fingerprint density at radius 1 is 0.500 bits per heavy atom. The number of para-hydroxylation sites is 3. The van der Waals surface area contributed by atoms with Crippen LogP contribution >= 0.6 is 0 Å². The summed E-state index contributed by atoms with van der Waals surface area (Å²) in [5.41, 5.74) is 9.52. The van der Waals surface area contributed by atoms with E-state index in [4.69, 9.17) is 0 Å². The minimum absolute atomic E-state index is 0.00683. The van der Waals surface area contributed by atoms with Gasteiger partial charge >= 0.3 is 0 Å². The molecule has 0 unspecified atom stereocenters. The van der Waals surface area contributed by atoms with E-state index in [0.717, 1.165) is 49.6 Å². The fourth-order valence-corrected chi connectivity index (χ4v) is 5.84. The van der Waals surface area contributed by atoms with Gasteiger partial charge in [-0.05, 0) is 78.6 Å². The van der Waals surface area contributed by atoms with E-state index in [-0.39, 0.29) is 5.56 Å². The third-order valence-corrected chi connectivity index (χ3v) is 7.59. The van der Waals surface area contributed by atoms with Crippen LogP contribution in [-0.2, 0) is 0 Å². The van der Waals surface area contributed by atoms with E-state index in [1.54, 1.807) is 0 Å². The second-order valence-electron chi connectivity index (χ2n) is 9.89. The minimum Gasteiger partial charge on any atom is -0.308 e. The average molecular weight is 491 g/mol. The Bertz CT molecular complexity index is 2050. The first kappa shape index (κ1) is 22.3. The van der Waals surface area contributed by atoms with Gasteiger partial charge in [0.1, 0.15) is 0 Å². The Balaban J connectivity index is 1.76. The summed E-state index contributed by atoms with van der Waals surface area (Å²) in [6.45, 7) is 4.29. The first-order chi connectivity index (χ1) is 18.6. The van der Waals surface area contributed by atoms with Gasteiger partial charge in [0.2, 0.25) is 0 Å². The van der Waals surface area contributed by atoms with Gasteiger partial charge < -0.3 is 4.57 Å². The predicted molar refractivity (Wildman–Crippen MR) is 159 cm³/mol. The second kappa shape index (κ2) is 8.60. The number of fused-ring (bicyclic) bond motifs is 5. The van der Waals surface area contributed by atoms with E-state index in [9.17, 15) is 4.79 Å². The molecule has 7 aromatic rings. The lowest BCUT2D eigenvalue weighted by molar-refractivity contribution is 1.06. The molecule has 0 atom stereocenters. The first-order valence-electron chi connectivity index (χ1n) is 12.9. The van der Waals surface area contributed by atoms with Crippen molar-refractivity contribution in [3.63, 3.8) is 0 Å². The Kier molecular flexibility index (Phi) is 5.05. The van der Waals surface area contributed by atoms with Gasteiger partial charge in [-0.25, -0.2) is 0 Å². The quantitative estimate of drug-likeness (QED) is 0.244. The van der Waals surface area contributed by atoms with Crippen LogP contribution in [0, 0.1) is 13.8 Å². The number of hydrogen-bond acceptors (Lipinski definition) is 1. The molecular formula is C35H26N2O. The molecule has 2 aromatic heterocycles. The number of rotatable bonds is 3. The van der Waals surface area contributed by atoms with Crippen molar-refractivity contribution < 1.29 is 0 Å². The molecule has 0 aliphatic carbocycles. The molecule has 0 saturated carbocycles. The van der Waals surface area contributed by atoms with Crippen molar-refractivity contribution >= 4 is 32.7 Å². The third-order valence-electron chi connectivity index (χ3n) is 7.59. The highest BCUT2D eigenvalue weighted by atomic mass is 16.1. The summed E-state index contributed by atoms with van der Waals surface area (Å²) < 4.78 is 4.13. The molecule has 182 valence electrons. The van der Waals surface area contributed by atoms with Crippen LogP contribution in [0.15, 0.2) is 126 Å². The summed E-state index contributed by atoms with van der Waals surface area (Å²) in [4.78, 5) is 14.5. The van der Waals surface area contributed by atoms with E-state index < -0.39 is 0 Å². The van der Waals surface area contributed by atoms with Crippen LogP contribution in [-0.4, -0.2) is 9.13 Å². The van der Waals surface area contributed by atoms with E-state index in [1.807, 2.05) is 65.2 Å². The van der Waals surface area contributed by atoms with Crippen LogP contribution in [0.1, 0.15) is 11.1 Å². The summed E-state index contributed by atoms with van der Waals surface area (Å²) in [5, 5.41) is 2.74. The topological polar surface area (TPSA) is 26.9 Å². The summed E-state index contributed by atoms with van der Waals surface area (Å²) in [6, 6.07) is 41.5. The molecule has 0 bridgehead atoms. The van der Waals surface area contributed by atoms with Gasteiger partial charge in [-0.15, -0.1) is 0 Å². The summed E-state index contributed by atoms with van der Waals surface area (Å²) in [6.07, 6.45) is 0. The Morgan fingerprint density at radius 3 is 1.82 bits per heavy atom. The maximum atomic E-state index is 14.5. The number of pyridine rings is 1. The van der Waals surface area contributed by atoms with Crippen LogP contribution in [0.4, 0.5) is 0 Å². The van der Waals surface area contributed by atoms with E-state index in [1.165, 1.54) is 16.7 Å². The SMILES string of the molecule is Cc1ccccc1-c1cc2c(cc1C)n(-c1ccccc1)c(=O)c1c3ccccc3n(-c3ccccc3)c21. The molecule has 3 heteroatoms. The molecule has 0 aliphatic rings. The third kappa shape index (κ3) is 3.25. The van der Waals surface area contributed by atoms with Gasteiger partial charge in [0.05, 0.1) is 21.9 Å². The summed E-state index contributed by atoms with van der Waals surface area (Å²) in [7, 11) is 0. The fourth-order valence-electron chi connectivity index (χ4n) is 5.84. The molecule has 0 N–H and O–H groups in total. The van der Waals surface area contributed by atoms with Crippen molar-refractivity contribution in [3.05, 3.63) is 143 Å². The highest BCUT2D eigenvalue weighted by Crippen LogP contribution is 2.38. The normalized spacial score (nSPS) is 11.5. The monoisotopic (exact) mass is 490 g/mol. The van der Waals surface area contributed by atoms with Crippen molar-refractivity contribution in [3.8, 4) is 22.5 Å². The van der Waals surface area contributed by atoms with Crippen LogP contribution in [0.2, 0.25) is 0 Å². The number of benzene rings is 5. The zero-order valence-corrected chi connectivity index (χ0v) is 21.3. The van der Waals surface area contributed by atoms with Crippen molar-refractivity contribution in [2.24, 2.45) is 0 Å². The predicted octanol–water partition coefficient (Wildman–Crippen LogP) is 8.37. The smallest absolute Gasteiger partial charge is 0.265 e. The average Bonchev–Trinajstić information content (AvgIpc) is 3.30. The molecule has 5 aromatic carbocycles. The Morgan fingerprint density at radius 2 is 1.11 bits per heavy atom. The second-order valence-corrected chi connectivity index (χ2v) is 9.89. The zero-order valence-electron chi connectivity index (χ0n) is 21.3. The zero-order chi connectivity index (χ0) is 25.8. The number of hydrogen-bond donors (Lipinski definition) is 0. The highest BCUT2D eigenvalue weighted by molar-refractivity contribution is 6.18. The molecule has 38 heavy (non-hydrogen) atoms. The van der Waals surface area contributed by atoms with Gasteiger partial charge in [-0.1, -0.05) is 78.9 Å². The van der Waals surface area contributed by atoms with Crippen molar-refractivity contribution in [2.75, 3.05) is 0 Å². The summed E-state index contributed by atoms with van der Waals surface area (Å²) in [5.74, 6) is 0. The van der Waals surface area contributed by atoms with E-state index >= 15 is 0 Å². The minimum atomic E-state index is -0.00683. The molecule has 0 aliphatic heterocycles. The van der Waals surface area contributed by atoms with Gasteiger partial charge in [0, 0.05) is 22.1 Å². The van der Waals surface area contributed by atoms with Crippen molar-refractivity contribution in [1.82, 2.24) is 9.13 Å². The van der Waals surface area contributed by atoms with Crippen LogP contribution < -0.4 is 5.56 Å². The van der Waals surface area contributed by atoms with Gasteiger partial charge in [0.15, 0.2) is 0 Å².